The summed E-state index contributed by atoms with van der Waals surface area (Å²) >= 11 is 5.64. The van der Waals surface area contributed by atoms with Crippen LogP contribution in [0, 0.1) is 0 Å². The lowest BCUT2D eigenvalue weighted by Gasteiger charge is -2.23. The average molecular weight is 263 g/mol. The van der Waals surface area contributed by atoms with Crippen LogP contribution in [-0.4, -0.2) is 30.9 Å². The summed E-state index contributed by atoms with van der Waals surface area (Å²) in [6.45, 7) is 3.69. The molecular weight excluding hydrogens is 248 g/mol. The number of hydrogen-bond acceptors (Lipinski definition) is 4. The molecule has 0 amide bonds. The zero-order valence-corrected chi connectivity index (χ0v) is 11.1. The van der Waals surface area contributed by atoms with Gasteiger partial charge in [0.05, 0.1) is 16.6 Å². The van der Waals surface area contributed by atoms with Crippen molar-refractivity contribution in [2.75, 3.05) is 18.1 Å². The highest BCUT2D eigenvalue weighted by Crippen LogP contribution is 2.17. The van der Waals surface area contributed by atoms with E-state index in [0.717, 1.165) is 5.69 Å². The Morgan fingerprint density at radius 2 is 2.06 bits per heavy atom. The third kappa shape index (κ3) is 3.35. The van der Waals surface area contributed by atoms with E-state index in [0.29, 0.717) is 11.7 Å². The lowest BCUT2D eigenvalue weighted by molar-refractivity contribution is 0.560. The van der Waals surface area contributed by atoms with Crippen LogP contribution >= 0.6 is 11.6 Å². The molecule has 0 atom stereocenters. The Labute approximate surface area is 101 Å². The molecule has 0 radical (unpaired) electrons. The van der Waals surface area contributed by atoms with Crippen molar-refractivity contribution in [3.05, 3.63) is 23.5 Å². The van der Waals surface area contributed by atoms with Gasteiger partial charge in [-0.05, 0) is 26.0 Å². The largest absolute Gasteiger partial charge is 0.382 e. The Kier molecular flexibility index (Phi) is 3.80. The Bertz CT molecular complexity index is 454. The van der Waals surface area contributed by atoms with E-state index in [2.05, 4.69) is 10.3 Å². The molecule has 4 nitrogen and oxygen atoms in total. The first-order chi connectivity index (χ1) is 7.22. The number of nitrogens with one attached hydrogen (secondary N) is 1. The summed E-state index contributed by atoms with van der Waals surface area (Å²) in [6, 6.07) is 3.41. The molecule has 1 heterocycles. The van der Waals surface area contributed by atoms with E-state index in [-0.39, 0.29) is 0 Å². The second-order valence-electron chi connectivity index (χ2n) is 4.26. The first-order valence-electron chi connectivity index (χ1n) is 4.77. The number of halogens is 1. The zero-order chi connectivity index (χ0) is 12.4. The van der Waals surface area contributed by atoms with E-state index in [9.17, 15) is 8.42 Å². The first-order valence-corrected chi connectivity index (χ1v) is 7.04. The van der Waals surface area contributed by atoms with Crippen molar-refractivity contribution in [2.24, 2.45) is 0 Å². The predicted octanol–water partition coefficient (Wildman–Crippen LogP) is 1.97. The van der Waals surface area contributed by atoms with Crippen molar-refractivity contribution < 1.29 is 8.42 Å². The minimum absolute atomic E-state index is 0.329. The monoisotopic (exact) mass is 262 g/mol. The Balaban J connectivity index is 2.68. The van der Waals surface area contributed by atoms with Gasteiger partial charge in [-0.2, -0.15) is 0 Å². The molecule has 0 spiro atoms. The number of hydrogen-bond donors (Lipinski definition) is 1. The summed E-state index contributed by atoms with van der Waals surface area (Å²) in [7, 11) is -3.09. The van der Waals surface area contributed by atoms with Crippen LogP contribution in [0.3, 0.4) is 0 Å². The van der Waals surface area contributed by atoms with Crippen LogP contribution in [0.1, 0.15) is 13.8 Å². The molecule has 0 aliphatic heterocycles. The molecule has 0 unspecified atom stereocenters. The normalized spacial score (nSPS) is 12.5. The van der Waals surface area contributed by atoms with Gasteiger partial charge in [0.25, 0.3) is 0 Å². The van der Waals surface area contributed by atoms with Gasteiger partial charge in [-0.15, -0.1) is 0 Å². The fourth-order valence-corrected chi connectivity index (χ4v) is 1.37. The minimum Gasteiger partial charge on any atom is -0.382 e. The second kappa shape index (κ2) is 4.59. The van der Waals surface area contributed by atoms with Crippen molar-refractivity contribution in [3.8, 4) is 0 Å². The van der Waals surface area contributed by atoms with Crippen molar-refractivity contribution in [2.45, 2.75) is 18.6 Å². The van der Waals surface area contributed by atoms with E-state index in [1.54, 1.807) is 32.2 Å². The molecule has 0 fully saturated rings. The van der Waals surface area contributed by atoms with Gasteiger partial charge in [-0.1, -0.05) is 11.6 Å². The molecule has 0 aliphatic carbocycles. The van der Waals surface area contributed by atoms with Crippen LogP contribution in [0.15, 0.2) is 18.3 Å². The summed E-state index contributed by atoms with van der Waals surface area (Å²) in [5.41, 5.74) is 0.751. The van der Waals surface area contributed by atoms with Gasteiger partial charge in [-0.3, -0.25) is 0 Å². The molecule has 1 aromatic heterocycles. The lowest BCUT2D eigenvalue weighted by atomic mass is 10.2. The lowest BCUT2D eigenvalue weighted by Crippen LogP contribution is -2.38. The second-order valence-corrected chi connectivity index (χ2v) is 7.29. The van der Waals surface area contributed by atoms with Gasteiger partial charge in [0, 0.05) is 12.8 Å². The topological polar surface area (TPSA) is 59.1 Å². The van der Waals surface area contributed by atoms with Crippen molar-refractivity contribution in [1.82, 2.24) is 4.98 Å². The summed E-state index contributed by atoms with van der Waals surface area (Å²) < 4.78 is 22.1. The summed E-state index contributed by atoms with van der Waals surface area (Å²) in [5.74, 6) is 0. The van der Waals surface area contributed by atoms with E-state index in [4.69, 9.17) is 11.6 Å². The van der Waals surface area contributed by atoms with Gasteiger partial charge < -0.3 is 5.32 Å². The maximum atomic E-state index is 11.5. The summed E-state index contributed by atoms with van der Waals surface area (Å²) in [6.07, 6.45) is 2.80. The van der Waals surface area contributed by atoms with Crippen molar-refractivity contribution in [3.63, 3.8) is 0 Å². The highest BCUT2D eigenvalue weighted by Gasteiger charge is 2.29. The molecule has 6 heteroatoms. The Morgan fingerprint density at radius 1 is 1.44 bits per heavy atom. The summed E-state index contributed by atoms with van der Waals surface area (Å²) in [5, 5.41) is 3.43. The molecule has 1 aromatic rings. The molecule has 1 N–H and O–H groups in total. The van der Waals surface area contributed by atoms with Crippen molar-refractivity contribution in [1.29, 1.82) is 0 Å². The van der Waals surface area contributed by atoms with E-state index in [1.165, 1.54) is 6.26 Å². The third-order valence-corrected chi connectivity index (χ3v) is 4.82. The number of nitrogens with zero attached hydrogens (tertiary/aromatic N) is 1. The zero-order valence-electron chi connectivity index (χ0n) is 9.49. The molecule has 0 aromatic carbocycles. The minimum atomic E-state index is -3.09. The Hall–Kier alpha value is -0.810. The third-order valence-electron chi connectivity index (χ3n) is 2.45. The van der Waals surface area contributed by atoms with Crippen LogP contribution in [0.25, 0.3) is 0 Å². The number of aromatic nitrogens is 1. The number of rotatable bonds is 4. The van der Waals surface area contributed by atoms with Crippen LogP contribution < -0.4 is 5.32 Å². The summed E-state index contributed by atoms with van der Waals surface area (Å²) in [4.78, 5) is 3.90. The Morgan fingerprint density at radius 3 is 2.50 bits per heavy atom. The standard InChI is InChI=1S/C10H15ClN2O2S/c1-10(2,16(3,14)15)7-13-8-4-5-9(11)12-6-8/h4-6,13H,7H2,1-3H3. The van der Waals surface area contributed by atoms with E-state index >= 15 is 0 Å². The van der Waals surface area contributed by atoms with E-state index < -0.39 is 14.6 Å². The number of anilines is 1. The molecule has 1 rings (SSSR count). The van der Waals surface area contributed by atoms with Gasteiger partial charge in [0.15, 0.2) is 9.84 Å². The van der Waals surface area contributed by atoms with Crippen LogP contribution in [0.4, 0.5) is 5.69 Å². The predicted molar refractivity (Wildman–Crippen MR) is 66.7 cm³/mol. The van der Waals surface area contributed by atoms with Gasteiger partial charge >= 0.3 is 0 Å². The van der Waals surface area contributed by atoms with Crippen molar-refractivity contribution >= 4 is 27.1 Å². The highest BCUT2D eigenvalue weighted by atomic mass is 35.5. The molecule has 16 heavy (non-hydrogen) atoms. The smallest absolute Gasteiger partial charge is 0.154 e. The SMILES string of the molecule is CC(C)(CNc1ccc(Cl)nc1)S(C)(=O)=O. The van der Waals surface area contributed by atoms with Crippen LogP contribution in [-0.2, 0) is 9.84 Å². The first kappa shape index (κ1) is 13.3. The van der Waals surface area contributed by atoms with Gasteiger partial charge in [0.1, 0.15) is 5.15 Å². The maximum absolute atomic E-state index is 11.5. The molecule has 0 saturated heterocycles. The molecule has 0 aliphatic rings. The number of pyridine rings is 1. The van der Waals surface area contributed by atoms with Gasteiger partial charge in [0.2, 0.25) is 0 Å². The maximum Gasteiger partial charge on any atom is 0.154 e. The number of sulfone groups is 1. The molecule has 0 saturated carbocycles. The highest BCUT2D eigenvalue weighted by molar-refractivity contribution is 7.92. The molecule has 90 valence electrons. The fourth-order valence-electron chi connectivity index (χ4n) is 0.926. The molecular formula is C10H15ClN2O2S. The fraction of sp³-hybridized carbons (Fsp3) is 0.500. The average Bonchev–Trinajstić information content (AvgIpc) is 2.15. The quantitative estimate of drug-likeness (QED) is 0.843. The van der Waals surface area contributed by atoms with Crippen LogP contribution in [0.2, 0.25) is 5.15 Å². The van der Waals surface area contributed by atoms with Gasteiger partial charge in [-0.25, -0.2) is 13.4 Å². The van der Waals surface area contributed by atoms with E-state index in [1.807, 2.05) is 0 Å². The van der Waals surface area contributed by atoms with Crippen LogP contribution in [0.5, 0.6) is 0 Å². The molecule has 0 bridgehead atoms.